The van der Waals surface area contributed by atoms with E-state index in [9.17, 15) is 19.5 Å². The molecule has 0 aliphatic rings. The summed E-state index contributed by atoms with van der Waals surface area (Å²) in [5.41, 5.74) is 5.20. The molecule has 0 heterocycles. The van der Waals surface area contributed by atoms with Crippen LogP contribution >= 0.6 is 0 Å². The number of carbonyl (C=O) groups excluding carboxylic acids is 2. The normalized spacial score (nSPS) is 10.6. The molecule has 4 aromatic carbocycles. The van der Waals surface area contributed by atoms with Crippen LogP contribution in [-0.4, -0.2) is 48.0 Å². The van der Waals surface area contributed by atoms with Crippen molar-refractivity contribution in [3.63, 3.8) is 0 Å². The van der Waals surface area contributed by atoms with Gasteiger partial charge in [0.2, 0.25) is 0 Å². The molecule has 0 unspecified atom stereocenters. The van der Waals surface area contributed by atoms with Crippen molar-refractivity contribution in [2.75, 3.05) is 20.2 Å². The standard InChI is InChI=1S/C34H34N2O5/c1-24-10-3-4-12-26(24)18-20-36(21-19-32(37)38)34(40)31-17-8-6-15-29(31)28-14-5-7-16-30(28)33(39)35-23-25-11-9-13-27(22-25)41-2/h3-17,22H,18-21,23H2,1-2H3,(H,35,39)(H,37,38). The lowest BCUT2D eigenvalue weighted by molar-refractivity contribution is -0.137. The van der Waals surface area contributed by atoms with Crippen LogP contribution in [0.3, 0.4) is 0 Å². The topological polar surface area (TPSA) is 95.9 Å². The lowest BCUT2D eigenvalue weighted by Crippen LogP contribution is -2.35. The van der Waals surface area contributed by atoms with Crippen LogP contribution in [0, 0.1) is 6.92 Å². The molecule has 7 nitrogen and oxygen atoms in total. The Morgan fingerprint density at radius 3 is 2.17 bits per heavy atom. The summed E-state index contributed by atoms with van der Waals surface area (Å²) < 4.78 is 5.28. The smallest absolute Gasteiger partial charge is 0.305 e. The van der Waals surface area contributed by atoms with Crippen LogP contribution in [0.4, 0.5) is 0 Å². The number of carbonyl (C=O) groups is 3. The van der Waals surface area contributed by atoms with Gasteiger partial charge in [-0.3, -0.25) is 14.4 Å². The van der Waals surface area contributed by atoms with Gasteiger partial charge in [-0.05, 0) is 65.4 Å². The maximum Gasteiger partial charge on any atom is 0.305 e. The summed E-state index contributed by atoms with van der Waals surface area (Å²) in [4.78, 5) is 40.3. The molecule has 0 saturated heterocycles. The van der Waals surface area contributed by atoms with Crippen molar-refractivity contribution in [1.82, 2.24) is 10.2 Å². The third kappa shape index (κ3) is 7.60. The van der Waals surface area contributed by atoms with E-state index >= 15 is 0 Å². The van der Waals surface area contributed by atoms with E-state index in [2.05, 4.69) is 5.32 Å². The van der Waals surface area contributed by atoms with Gasteiger partial charge in [-0.1, -0.05) is 72.8 Å². The summed E-state index contributed by atoms with van der Waals surface area (Å²) in [6.45, 7) is 2.78. The van der Waals surface area contributed by atoms with Crippen LogP contribution in [0.25, 0.3) is 11.1 Å². The predicted octanol–water partition coefficient (Wildman–Crippen LogP) is 5.76. The fourth-order valence-corrected chi connectivity index (χ4v) is 4.74. The predicted molar refractivity (Wildman–Crippen MR) is 159 cm³/mol. The molecule has 0 saturated carbocycles. The third-order valence-corrected chi connectivity index (χ3v) is 7.00. The second kappa shape index (κ2) is 13.9. The average Bonchev–Trinajstić information content (AvgIpc) is 3.00. The minimum Gasteiger partial charge on any atom is -0.497 e. The van der Waals surface area contributed by atoms with Gasteiger partial charge in [-0.2, -0.15) is 0 Å². The van der Waals surface area contributed by atoms with Gasteiger partial charge >= 0.3 is 5.97 Å². The van der Waals surface area contributed by atoms with Gasteiger partial charge in [0, 0.05) is 30.8 Å². The van der Waals surface area contributed by atoms with E-state index in [0.717, 1.165) is 16.7 Å². The maximum atomic E-state index is 13.9. The van der Waals surface area contributed by atoms with Crippen LogP contribution in [0.15, 0.2) is 97.1 Å². The quantitative estimate of drug-likeness (QED) is 0.234. The van der Waals surface area contributed by atoms with Gasteiger partial charge in [0.25, 0.3) is 11.8 Å². The summed E-state index contributed by atoms with van der Waals surface area (Å²) in [5, 5.41) is 12.3. The molecule has 0 aliphatic heterocycles. The fraction of sp³-hybridized carbons (Fsp3) is 0.206. The number of carboxylic acids is 1. The Balaban J connectivity index is 1.60. The molecule has 0 radical (unpaired) electrons. The van der Waals surface area contributed by atoms with Gasteiger partial charge in [-0.25, -0.2) is 0 Å². The molecule has 2 amide bonds. The number of amides is 2. The van der Waals surface area contributed by atoms with Crippen molar-refractivity contribution in [3.05, 3.63) is 125 Å². The molecule has 210 valence electrons. The molecule has 0 spiro atoms. The molecular weight excluding hydrogens is 516 g/mol. The Morgan fingerprint density at radius 2 is 1.46 bits per heavy atom. The largest absolute Gasteiger partial charge is 0.497 e. The molecule has 0 atom stereocenters. The van der Waals surface area contributed by atoms with Crippen molar-refractivity contribution in [2.24, 2.45) is 0 Å². The highest BCUT2D eigenvalue weighted by atomic mass is 16.5. The summed E-state index contributed by atoms with van der Waals surface area (Å²) in [6, 6.07) is 29.8. The van der Waals surface area contributed by atoms with E-state index in [-0.39, 0.29) is 24.8 Å². The van der Waals surface area contributed by atoms with Crippen LogP contribution in [0.1, 0.15) is 43.8 Å². The Hall–Kier alpha value is -4.91. The number of benzene rings is 4. The number of ether oxygens (including phenoxy) is 1. The highest BCUT2D eigenvalue weighted by molar-refractivity contribution is 6.06. The van der Waals surface area contributed by atoms with Crippen molar-refractivity contribution >= 4 is 17.8 Å². The van der Waals surface area contributed by atoms with E-state index in [1.165, 1.54) is 0 Å². The first-order chi connectivity index (χ1) is 19.9. The highest BCUT2D eigenvalue weighted by Gasteiger charge is 2.22. The summed E-state index contributed by atoms with van der Waals surface area (Å²) in [6.07, 6.45) is 0.439. The van der Waals surface area contributed by atoms with E-state index in [1.54, 1.807) is 36.3 Å². The number of nitrogens with one attached hydrogen (secondary N) is 1. The second-order valence-electron chi connectivity index (χ2n) is 9.74. The molecule has 0 fully saturated rings. The van der Waals surface area contributed by atoms with Crippen molar-refractivity contribution in [2.45, 2.75) is 26.3 Å². The number of nitrogens with zero attached hydrogens (tertiary/aromatic N) is 1. The second-order valence-corrected chi connectivity index (χ2v) is 9.74. The fourth-order valence-electron chi connectivity index (χ4n) is 4.74. The minimum absolute atomic E-state index is 0.0804. The third-order valence-electron chi connectivity index (χ3n) is 7.00. The highest BCUT2D eigenvalue weighted by Crippen LogP contribution is 2.29. The number of aryl methyl sites for hydroxylation is 1. The number of carboxylic acid groups (broad SMARTS) is 1. The molecule has 4 aromatic rings. The Bertz CT molecular complexity index is 1530. The molecule has 41 heavy (non-hydrogen) atoms. The molecule has 2 N–H and O–H groups in total. The molecule has 0 aromatic heterocycles. The van der Waals surface area contributed by atoms with Crippen LogP contribution in [-0.2, 0) is 17.8 Å². The molecule has 7 heteroatoms. The van der Waals surface area contributed by atoms with Crippen molar-refractivity contribution in [1.29, 1.82) is 0 Å². The number of hydrogen-bond acceptors (Lipinski definition) is 4. The zero-order chi connectivity index (χ0) is 29.2. The van der Waals surface area contributed by atoms with Gasteiger partial charge in [0.15, 0.2) is 0 Å². The van der Waals surface area contributed by atoms with Gasteiger partial charge < -0.3 is 20.1 Å². The van der Waals surface area contributed by atoms with Gasteiger partial charge in [0.1, 0.15) is 5.75 Å². The molecule has 0 aliphatic carbocycles. The monoisotopic (exact) mass is 550 g/mol. The molecule has 0 bridgehead atoms. The zero-order valence-electron chi connectivity index (χ0n) is 23.3. The van der Waals surface area contributed by atoms with Crippen molar-refractivity contribution < 1.29 is 24.2 Å². The Labute approximate surface area is 240 Å². The first-order valence-electron chi connectivity index (χ1n) is 13.5. The van der Waals surface area contributed by atoms with Crippen LogP contribution in [0.5, 0.6) is 5.75 Å². The van der Waals surface area contributed by atoms with E-state index in [4.69, 9.17) is 4.74 Å². The minimum atomic E-state index is -0.968. The van der Waals surface area contributed by atoms with Crippen LogP contribution in [0.2, 0.25) is 0 Å². The molecule has 4 rings (SSSR count). The summed E-state index contributed by atoms with van der Waals surface area (Å²) in [5.74, 6) is -0.806. The van der Waals surface area contributed by atoms with Crippen LogP contribution < -0.4 is 10.1 Å². The van der Waals surface area contributed by atoms with Crippen molar-refractivity contribution in [3.8, 4) is 16.9 Å². The van der Waals surface area contributed by atoms with Gasteiger partial charge in [0.05, 0.1) is 13.5 Å². The lowest BCUT2D eigenvalue weighted by atomic mass is 9.94. The Morgan fingerprint density at radius 1 is 0.805 bits per heavy atom. The first-order valence-corrected chi connectivity index (χ1v) is 13.5. The summed E-state index contributed by atoms with van der Waals surface area (Å²) >= 11 is 0. The molecular formula is C34H34N2O5. The SMILES string of the molecule is COc1cccc(CNC(=O)c2ccccc2-c2ccccc2C(=O)N(CCC(=O)O)CCc2ccccc2C)c1. The zero-order valence-corrected chi connectivity index (χ0v) is 23.3. The summed E-state index contributed by atoms with van der Waals surface area (Å²) in [7, 11) is 1.60. The van der Waals surface area contributed by atoms with Gasteiger partial charge in [-0.15, -0.1) is 0 Å². The maximum absolute atomic E-state index is 13.9. The van der Waals surface area contributed by atoms with E-state index < -0.39 is 5.97 Å². The number of aliphatic carboxylic acids is 1. The number of rotatable bonds is 12. The van der Waals surface area contributed by atoms with E-state index in [1.807, 2.05) is 79.7 Å². The Kier molecular flexibility index (Phi) is 9.89. The average molecular weight is 551 g/mol. The number of hydrogen-bond donors (Lipinski definition) is 2. The van der Waals surface area contributed by atoms with E-state index in [0.29, 0.717) is 47.5 Å². The first kappa shape index (κ1) is 29.1. The lowest BCUT2D eigenvalue weighted by Gasteiger charge is -2.24. The number of methoxy groups -OCH3 is 1.